The van der Waals surface area contributed by atoms with Crippen molar-refractivity contribution in [3.05, 3.63) is 132 Å². The van der Waals surface area contributed by atoms with Gasteiger partial charge in [-0.3, -0.25) is 9.59 Å². The number of anilines is 2. The molecule has 4 aromatic carbocycles. The topological polar surface area (TPSA) is 204 Å². The summed E-state index contributed by atoms with van der Waals surface area (Å²) in [5, 5.41) is 7.33. The lowest BCUT2D eigenvalue weighted by molar-refractivity contribution is -0.134. The smallest absolute Gasteiger partial charge is 0.253 e. The number of amides is 2. The summed E-state index contributed by atoms with van der Waals surface area (Å²) in [6, 6.07) is 18.2. The number of hydrogen-bond donors (Lipinski definition) is 0. The largest absolute Gasteiger partial charge is 0.495 e. The van der Waals surface area contributed by atoms with Gasteiger partial charge < -0.3 is 37.8 Å². The molecule has 0 N–H and O–H groups in total. The van der Waals surface area contributed by atoms with Gasteiger partial charge in [0, 0.05) is 61.6 Å². The van der Waals surface area contributed by atoms with Crippen molar-refractivity contribution in [2.75, 3.05) is 63.4 Å². The third-order valence-corrected chi connectivity index (χ3v) is 16.3. The Bertz CT molecular complexity index is 2980. The van der Waals surface area contributed by atoms with Crippen LogP contribution in [0.5, 0.6) is 11.5 Å². The fourth-order valence-corrected chi connectivity index (χ4v) is 12.3. The van der Waals surface area contributed by atoms with Gasteiger partial charge in [-0.1, -0.05) is 34.6 Å². The molecular weight excluding hydrogens is 993 g/mol. The second-order valence-electron chi connectivity index (χ2n) is 17.2. The summed E-state index contributed by atoms with van der Waals surface area (Å²) < 4.78 is 144. The molecule has 6 heterocycles. The number of ether oxygens (including phenoxy) is 4. The van der Waals surface area contributed by atoms with Gasteiger partial charge in [-0.25, -0.2) is 34.4 Å². The Morgan fingerprint density at radius 2 is 1.01 bits per heavy atom. The normalized spacial score (nSPS) is 20.9. The maximum atomic E-state index is 15.2. The van der Waals surface area contributed by atoms with E-state index in [0.29, 0.717) is 11.1 Å². The van der Waals surface area contributed by atoms with Gasteiger partial charge in [0.25, 0.3) is 11.8 Å². The minimum absolute atomic E-state index is 0.0286. The number of sulfonamides is 2. The van der Waals surface area contributed by atoms with Crippen molar-refractivity contribution >= 4 is 43.2 Å². The summed E-state index contributed by atoms with van der Waals surface area (Å²) in [6.07, 6.45) is 1.89. The van der Waals surface area contributed by atoms with Crippen LogP contribution in [0.4, 0.5) is 28.9 Å². The number of nitrogens with zero attached hydrogens (tertiary/aromatic N) is 6. The highest BCUT2D eigenvalue weighted by atomic mass is 32.2. The molecule has 2 amide bonds. The van der Waals surface area contributed by atoms with Crippen molar-refractivity contribution in [2.24, 2.45) is 0 Å². The predicted octanol–water partition coefficient (Wildman–Crippen LogP) is 5.93. The maximum Gasteiger partial charge on any atom is 0.253 e. The maximum absolute atomic E-state index is 15.2. The molecule has 4 atom stereocenters. The van der Waals surface area contributed by atoms with Crippen LogP contribution < -0.4 is 19.3 Å². The SMILES string of the molecule is COc1cc(-c2cccc(F)c2)c(F)cc1N1C(=O)CO[C@@H]2CN(S(=O)(=O)Cc3ccon3)CC[C@H]21.COc1cc(-c2cccc(F)c2)c(F)cc1N1C(=O)CO[C@H]2CN(S(=O)(=O)Cc3ccon3)CC[C@@H]21. The number of morpholine rings is 2. The molecule has 4 fully saturated rings. The van der Waals surface area contributed by atoms with Gasteiger partial charge in [0.2, 0.25) is 20.0 Å². The van der Waals surface area contributed by atoms with E-state index in [-0.39, 0.29) is 109 Å². The number of aromatic nitrogens is 2. The number of rotatable bonds is 12. The van der Waals surface area contributed by atoms with Crippen molar-refractivity contribution < 1.29 is 72.0 Å². The second-order valence-corrected chi connectivity index (χ2v) is 21.1. The van der Waals surface area contributed by atoms with E-state index in [0.717, 1.165) is 0 Å². The summed E-state index contributed by atoms with van der Waals surface area (Å²) in [6.45, 7) is -0.257. The molecule has 380 valence electrons. The molecule has 0 aliphatic carbocycles. The minimum Gasteiger partial charge on any atom is -0.495 e. The third-order valence-electron chi connectivity index (χ3n) is 12.8. The van der Waals surface area contributed by atoms with Gasteiger partial charge in [-0.05, 0) is 60.4 Å². The molecular formula is C48H46F4N6O12S2. The number of fused-ring (bicyclic) bond motifs is 2. The molecule has 6 aromatic rings. The van der Waals surface area contributed by atoms with E-state index in [1.54, 1.807) is 12.1 Å². The zero-order chi connectivity index (χ0) is 50.9. The monoisotopic (exact) mass is 1040 g/mol. The molecule has 4 aliphatic rings. The van der Waals surface area contributed by atoms with E-state index < -0.39 is 79.4 Å². The lowest BCUT2D eigenvalue weighted by Gasteiger charge is -2.46. The molecule has 72 heavy (non-hydrogen) atoms. The first-order valence-corrected chi connectivity index (χ1v) is 25.6. The van der Waals surface area contributed by atoms with Crippen molar-refractivity contribution in [2.45, 2.75) is 48.6 Å². The molecule has 18 nitrogen and oxygen atoms in total. The van der Waals surface area contributed by atoms with Crippen LogP contribution in [0.2, 0.25) is 0 Å². The summed E-state index contributed by atoms with van der Waals surface area (Å²) >= 11 is 0. The van der Waals surface area contributed by atoms with Crippen LogP contribution in [0.3, 0.4) is 0 Å². The van der Waals surface area contributed by atoms with Crippen LogP contribution in [0, 0.1) is 23.3 Å². The van der Waals surface area contributed by atoms with Gasteiger partial charge in [0.05, 0.1) is 61.3 Å². The second kappa shape index (κ2) is 20.8. The highest BCUT2D eigenvalue weighted by Gasteiger charge is 2.46. The van der Waals surface area contributed by atoms with Crippen LogP contribution in [-0.4, -0.2) is 125 Å². The zero-order valence-electron chi connectivity index (χ0n) is 38.5. The molecule has 24 heteroatoms. The van der Waals surface area contributed by atoms with E-state index in [1.165, 1.54) is 118 Å². The average Bonchev–Trinajstić information content (AvgIpc) is 4.08. The third kappa shape index (κ3) is 10.5. The predicted molar refractivity (Wildman–Crippen MR) is 249 cm³/mol. The van der Waals surface area contributed by atoms with Crippen LogP contribution in [-0.2, 0) is 50.6 Å². The Labute approximate surface area is 410 Å². The van der Waals surface area contributed by atoms with Crippen LogP contribution in [0.1, 0.15) is 24.2 Å². The average molecular weight is 1040 g/mol. The summed E-state index contributed by atoms with van der Waals surface area (Å²) in [7, 11) is -4.61. The molecule has 0 spiro atoms. The van der Waals surface area contributed by atoms with Crippen molar-refractivity contribution in [1.82, 2.24) is 18.9 Å². The minimum atomic E-state index is -3.70. The first kappa shape index (κ1) is 50.2. The molecule has 0 radical (unpaired) electrons. The quantitative estimate of drug-likeness (QED) is 0.131. The molecule has 4 saturated heterocycles. The molecule has 0 saturated carbocycles. The van der Waals surface area contributed by atoms with Crippen molar-refractivity contribution in [3.63, 3.8) is 0 Å². The Morgan fingerprint density at radius 3 is 1.38 bits per heavy atom. The highest BCUT2D eigenvalue weighted by molar-refractivity contribution is 7.88. The molecule has 0 unspecified atom stereocenters. The molecule has 0 bridgehead atoms. The number of benzene rings is 4. The lowest BCUT2D eigenvalue weighted by atomic mass is 9.97. The molecule has 2 aromatic heterocycles. The highest BCUT2D eigenvalue weighted by Crippen LogP contribution is 2.42. The van der Waals surface area contributed by atoms with E-state index in [1.807, 2.05) is 0 Å². The standard InChI is InChI=1S/2C24H23F2N3O6S/c2*1-33-22-10-18(15-3-2-4-16(25)9-15)19(26)11-21(22)29-20-5-7-28(12-23(20)34-13-24(29)30)36(31,32)14-17-6-8-35-27-17/h2*2-4,6,8-11,20,23H,5,7,12-14H2,1H3/t2*20-,23-/m10/s1. The van der Waals surface area contributed by atoms with Gasteiger partial charge in [-0.15, -0.1) is 0 Å². The lowest BCUT2D eigenvalue weighted by Crippen LogP contribution is -2.62. The van der Waals surface area contributed by atoms with E-state index in [9.17, 15) is 35.2 Å². The molecule has 10 rings (SSSR count). The number of hydrogen-bond acceptors (Lipinski definition) is 14. The summed E-state index contributed by atoms with van der Waals surface area (Å²) in [5.74, 6) is -3.29. The van der Waals surface area contributed by atoms with Crippen molar-refractivity contribution in [1.29, 1.82) is 0 Å². The number of carbonyl (C=O) groups excluding carboxylic acids is 2. The van der Waals surface area contributed by atoms with Gasteiger partial charge in [-0.2, -0.15) is 8.61 Å². The van der Waals surface area contributed by atoms with Crippen LogP contribution in [0.15, 0.2) is 107 Å². The van der Waals surface area contributed by atoms with E-state index in [4.69, 9.17) is 28.0 Å². The van der Waals surface area contributed by atoms with E-state index >= 15 is 8.78 Å². The Hall–Kier alpha value is -6.70. The number of carbonyl (C=O) groups is 2. The van der Waals surface area contributed by atoms with E-state index in [2.05, 4.69) is 10.3 Å². The van der Waals surface area contributed by atoms with Gasteiger partial charge in [0.1, 0.15) is 72.0 Å². The van der Waals surface area contributed by atoms with Crippen LogP contribution in [0.25, 0.3) is 22.3 Å². The number of piperidine rings is 2. The Balaban J connectivity index is 0.000000178. The summed E-state index contributed by atoms with van der Waals surface area (Å²) in [5.41, 5.74) is 1.90. The fraction of sp³-hybridized carbons (Fsp3) is 0.333. The zero-order valence-corrected chi connectivity index (χ0v) is 40.2. The Kier molecular flexibility index (Phi) is 14.5. The molecule has 4 aliphatic heterocycles. The van der Waals surface area contributed by atoms with Crippen molar-refractivity contribution in [3.8, 4) is 33.8 Å². The Morgan fingerprint density at radius 1 is 0.597 bits per heavy atom. The van der Waals surface area contributed by atoms with Gasteiger partial charge >= 0.3 is 0 Å². The van der Waals surface area contributed by atoms with Crippen LogP contribution >= 0.6 is 0 Å². The number of methoxy groups -OCH3 is 2. The summed E-state index contributed by atoms with van der Waals surface area (Å²) in [4.78, 5) is 28.7. The first-order chi connectivity index (χ1) is 34.5. The fourth-order valence-electron chi connectivity index (χ4n) is 9.39. The first-order valence-electron chi connectivity index (χ1n) is 22.4. The number of halogens is 4. The van der Waals surface area contributed by atoms with Gasteiger partial charge in [0.15, 0.2) is 0 Å².